The Balaban J connectivity index is 1.76. The van der Waals surface area contributed by atoms with Gasteiger partial charge in [0, 0.05) is 19.0 Å². The zero-order chi connectivity index (χ0) is 15.2. The van der Waals surface area contributed by atoms with E-state index in [0.717, 1.165) is 12.0 Å². The molecule has 0 saturated heterocycles. The predicted octanol–water partition coefficient (Wildman–Crippen LogP) is 1.49. The van der Waals surface area contributed by atoms with Gasteiger partial charge in [0.15, 0.2) is 11.5 Å². The second kappa shape index (κ2) is 7.31. The van der Waals surface area contributed by atoms with Crippen molar-refractivity contribution in [1.29, 1.82) is 0 Å². The van der Waals surface area contributed by atoms with Gasteiger partial charge in [0.25, 0.3) is 0 Å². The first-order valence-electron chi connectivity index (χ1n) is 7.37. The first-order chi connectivity index (χ1) is 10.1. The highest BCUT2D eigenvalue weighted by Crippen LogP contribution is 2.32. The fourth-order valence-corrected chi connectivity index (χ4v) is 2.36. The van der Waals surface area contributed by atoms with Crippen LogP contribution in [0.1, 0.15) is 24.8 Å². The highest BCUT2D eigenvalue weighted by Gasteiger charge is 2.29. The summed E-state index contributed by atoms with van der Waals surface area (Å²) in [5.74, 6) is 2.01. The zero-order valence-corrected chi connectivity index (χ0v) is 12.7. The SMILES string of the molecule is COc1ccc(CCNC(=O)CC(N)C2CC2)cc1OC. The van der Waals surface area contributed by atoms with Gasteiger partial charge in [-0.15, -0.1) is 0 Å². The van der Waals surface area contributed by atoms with E-state index < -0.39 is 0 Å². The van der Waals surface area contributed by atoms with Crippen LogP contribution < -0.4 is 20.5 Å². The zero-order valence-electron chi connectivity index (χ0n) is 12.7. The van der Waals surface area contributed by atoms with Crippen molar-refractivity contribution >= 4 is 5.91 Å². The molecule has 1 fully saturated rings. The Morgan fingerprint density at radius 3 is 2.67 bits per heavy atom. The van der Waals surface area contributed by atoms with Crippen LogP contribution in [0.5, 0.6) is 11.5 Å². The van der Waals surface area contributed by atoms with Gasteiger partial charge in [-0.25, -0.2) is 0 Å². The molecule has 0 aromatic heterocycles. The average molecular weight is 292 g/mol. The summed E-state index contributed by atoms with van der Waals surface area (Å²) in [5.41, 5.74) is 7.04. The van der Waals surface area contributed by atoms with Crippen LogP contribution in [0.3, 0.4) is 0 Å². The number of amides is 1. The van der Waals surface area contributed by atoms with Crippen molar-refractivity contribution in [3.8, 4) is 11.5 Å². The number of hydrogen-bond donors (Lipinski definition) is 2. The lowest BCUT2D eigenvalue weighted by Crippen LogP contribution is -2.33. The predicted molar refractivity (Wildman–Crippen MR) is 81.6 cm³/mol. The summed E-state index contributed by atoms with van der Waals surface area (Å²) in [7, 11) is 3.23. The van der Waals surface area contributed by atoms with Gasteiger partial charge >= 0.3 is 0 Å². The summed E-state index contributed by atoms with van der Waals surface area (Å²) in [5, 5.41) is 2.92. The Hall–Kier alpha value is -1.75. The molecule has 0 bridgehead atoms. The molecule has 1 unspecified atom stereocenters. The molecular formula is C16H24N2O3. The number of carbonyl (C=O) groups excluding carboxylic acids is 1. The largest absolute Gasteiger partial charge is 0.493 e. The highest BCUT2D eigenvalue weighted by atomic mass is 16.5. The lowest BCUT2D eigenvalue weighted by molar-refractivity contribution is -0.121. The molecule has 1 saturated carbocycles. The molecule has 0 spiro atoms. The monoisotopic (exact) mass is 292 g/mol. The van der Waals surface area contributed by atoms with E-state index in [1.165, 1.54) is 12.8 Å². The lowest BCUT2D eigenvalue weighted by Gasteiger charge is -2.12. The molecule has 0 heterocycles. The molecule has 1 amide bonds. The number of ether oxygens (including phenoxy) is 2. The third kappa shape index (κ3) is 4.63. The Morgan fingerprint density at radius 2 is 2.05 bits per heavy atom. The summed E-state index contributed by atoms with van der Waals surface area (Å²) >= 11 is 0. The number of carbonyl (C=O) groups is 1. The van der Waals surface area contributed by atoms with Crippen LogP contribution in [0, 0.1) is 5.92 Å². The van der Waals surface area contributed by atoms with Crippen molar-refractivity contribution < 1.29 is 14.3 Å². The van der Waals surface area contributed by atoms with Crippen molar-refractivity contribution in [3.63, 3.8) is 0 Å². The van der Waals surface area contributed by atoms with Crippen LogP contribution in [0.2, 0.25) is 0 Å². The van der Waals surface area contributed by atoms with E-state index in [1.54, 1.807) is 14.2 Å². The summed E-state index contributed by atoms with van der Waals surface area (Å²) in [6.07, 6.45) is 3.52. The molecule has 0 radical (unpaired) electrons. The Labute approximate surface area is 125 Å². The third-order valence-electron chi connectivity index (χ3n) is 3.83. The molecule has 1 aromatic rings. The molecular weight excluding hydrogens is 268 g/mol. The molecule has 3 N–H and O–H groups in total. The molecule has 0 aliphatic heterocycles. The average Bonchev–Trinajstić information content (AvgIpc) is 3.31. The molecule has 1 aliphatic rings. The number of hydrogen-bond acceptors (Lipinski definition) is 4. The van der Waals surface area contributed by atoms with Gasteiger partial charge in [0.1, 0.15) is 0 Å². The second-order valence-electron chi connectivity index (χ2n) is 5.49. The maximum absolute atomic E-state index is 11.8. The molecule has 1 aliphatic carbocycles. The minimum Gasteiger partial charge on any atom is -0.493 e. The fourth-order valence-electron chi connectivity index (χ4n) is 2.36. The van der Waals surface area contributed by atoms with Gasteiger partial charge in [0.2, 0.25) is 5.91 Å². The molecule has 2 rings (SSSR count). The van der Waals surface area contributed by atoms with Crippen molar-refractivity contribution in [2.75, 3.05) is 20.8 Å². The van der Waals surface area contributed by atoms with Gasteiger partial charge in [-0.3, -0.25) is 4.79 Å². The van der Waals surface area contributed by atoms with E-state index >= 15 is 0 Å². The third-order valence-corrected chi connectivity index (χ3v) is 3.83. The maximum atomic E-state index is 11.8. The summed E-state index contributed by atoms with van der Waals surface area (Å²) < 4.78 is 10.5. The lowest BCUT2D eigenvalue weighted by atomic mass is 10.1. The van der Waals surface area contributed by atoms with Crippen molar-refractivity contribution in [2.24, 2.45) is 11.7 Å². The van der Waals surface area contributed by atoms with E-state index in [9.17, 15) is 4.79 Å². The molecule has 5 heteroatoms. The molecule has 5 nitrogen and oxygen atoms in total. The standard InChI is InChI=1S/C16H24N2O3/c1-20-14-6-3-11(9-15(14)21-2)7-8-18-16(19)10-13(17)12-4-5-12/h3,6,9,12-13H,4-5,7-8,10,17H2,1-2H3,(H,18,19). The van der Waals surface area contributed by atoms with E-state index in [4.69, 9.17) is 15.2 Å². The summed E-state index contributed by atoms with van der Waals surface area (Å²) in [4.78, 5) is 11.8. The van der Waals surface area contributed by atoms with Crippen LogP contribution in [-0.4, -0.2) is 32.7 Å². The minimum absolute atomic E-state index is 0.0195. The van der Waals surface area contributed by atoms with Crippen molar-refractivity contribution in [3.05, 3.63) is 23.8 Å². The van der Waals surface area contributed by atoms with Gasteiger partial charge < -0.3 is 20.5 Å². The molecule has 1 aromatic carbocycles. The van der Waals surface area contributed by atoms with Crippen molar-refractivity contribution in [2.45, 2.75) is 31.7 Å². The van der Waals surface area contributed by atoms with Gasteiger partial charge in [0.05, 0.1) is 14.2 Å². The number of benzene rings is 1. The topological polar surface area (TPSA) is 73.6 Å². The van der Waals surface area contributed by atoms with Crippen molar-refractivity contribution in [1.82, 2.24) is 5.32 Å². The first kappa shape index (κ1) is 15.6. The number of methoxy groups -OCH3 is 2. The first-order valence-corrected chi connectivity index (χ1v) is 7.37. The minimum atomic E-state index is 0.0195. The van der Waals surface area contributed by atoms with Crippen LogP contribution in [0.25, 0.3) is 0 Å². The van der Waals surface area contributed by atoms with Crippen LogP contribution >= 0.6 is 0 Å². The van der Waals surface area contributed by atoms with Crippen LogP contribution in [0.4, 0.5) is 0 Å². The van der Waals surface area contributed by atoms with Crippen LogP contribution in [0.15, 0.2) is 18.2 Å². The quantitative estimate of drug-likeness (QED) is 0.761. The van der Waals surface area contributed by atoms with Gasteiger partial charge in [-0.2, -0.15) is 0 Å². The number of nitrogens with two attached hydrogens (primary N) is 1. The Kier molecular flexibility index (Phi) is 5.44. The van der Waals surface area contributed by atoms with E-state index in [1.807, 2.05) is 18.2 Å². The summed E-state index contributed by atoms with van der Waals surface area (Å²) in [6.45, 7) is 0.603. The Morgan fingerprint density at radius 1 is 1.33 bits per heavy atom. The fraction of sp³-hybridized carbons (Fsp3) is 0.562. The van der Waals surface area contributed by atoms with Gasteiger partial charge in [-0.05, 0) is 42.9 Å². The number of rotatable bonds is 8. The Bertz CT molecular complexity index is 486. The molecule has 116 valence electrons. The molecule has 1 atom stereocenters. The highest BCUT2D eigenvalue weighted by molar-refractivity contribution is 5.76. The second-order valence-corrected chi connectivity index (χ2v) is 5.49. The number of nitrogens with one attached hydrogen (secondary N) is 1. The van der Waals surface area contributed by atoms with E-state index in [0.29, 0.717) is 30.4 Å². The van der Waals surface area contributed by atoms with E-state index in [-0.39, 0.29) is 11.9 Å². The molecule has 21 heavy (non-hydrogen) atoms. The smallest absolute Gasteiger partial charge is 0.221 e. The maximum Gasteiger partial charge on any atom is 0.221 e. The normalized spacial score (nSPS) is 15.4. The van der Waals surface area contributed by atoms with Crippen LogP contribution in [-0.2, 0) is 11.2 Å². The summed E-state index contributed by atoms with van der Waals surface area (Å²) in [6, 6.07) is 5.80. The van der Waals surface area contributed by atoms with Gasteiger partial charge in [-0.1, -0.05) is 6.07 Å². The van der Waals surface area contributed by atoms with E-state index in [2.05, 4.69) is 5.32 Å².